The normalized spacial score (nSPS) is 10.8. The van der Waals surface area contributed by atoms with Crippen molar-refractivity contribution in [1.82, 2.24) is 0 Å². The number of benzene rings is 5. The minimum Gasteiger partial charge on any atom is -0.507 e. The maximum absolute atomic E-state index is 13.5. The molecule has 12 heteroatoms. The van der Waals surface area contributed by atoms with Crippen LogP contribution in [0.3, 0.4) is 0 Å². The summed E-state index contributed by atoms with van der Waals surface area (Å²) in [6.07, 6.45) is 0. The highest BCUT2D eigenvalue weighted by molar-refractivity contribution is 6.07. The van der Waals surface area contributed by atoms with Crippen molar-refractivity contribution in [3.63, 3.8) is 0 Å². The molecule has 49 heavy (non-hydrogen) atoms. The average Bonchev–Trinajstić information content (AvgIpc) is 3.13. The van der Waals surface area contributed by atoms with E-state index in [4.69, 9.17) is 4.74 Å². The van der Waals surface area contributed by atoms with E-state index >= 15 is 0 Å². The van der Waals surface area contributed by atoms with Crippen LogP contribution in [-0.2, 0) is 26.4 Å². The number of phenols is 2. The first-order valence-electron chi connectivity index (χ1n) is 15.2. The predicted octanol–water partition coefficient (Wildman–Crippen LogP) is 4.75. The molecule has 0 radical (unpaired) electrons. The van der Waals surface area contributed by atoms with Crippen LogP contribution in [0, 0.1) is 0 Å². The molecule has 0 atom stereocenters. The number of nitrogens with one attached hydrogen (secondary N) is 2. The average molecular weight is 666 g/mol. The van der Waals surface area contributed by atoms with Crippen LogP contribution in [-0.4, -0.2) is 49.2 Å². The Hall–Kier alpha value is -5.92. The molecular formula is C37H35N3O9. The zero-order valence-electron chi connectivity index (χ0n) is 26.2. The zero-order valence-corrected chi connectivity index (χ0v) is 26.2. The van der Waals surface area contributed by atoms with Crippen molar-refractivity contribution in [2.24, 2.45) is 0 Å². The lowest BCUT2D eigenvalue weighted by molar-refractivity contribution is 0.101. The van der Waals surface area contributed by atoms with Gasteiger partial charge < -0.3 is 50.9 Å². The summed E-state index contributed by atoms with van der Waals surface area (Å²) in [7, 11) is 0. The molecular weight excluding hydrogens is 630 g/mol. The molecule has 252 valence electrons. The van der Waals surface area contributed by atoms with E-state index in [9.17, 15) is 40.2 Å². The Morgan fingerprint density at radius 2 is 1.00 bits per heavy atom. The number of hydrogen-bond donors (Lipinski definition) is 8. The topological polar surface area (TPSA) is 192 Å². The third kappa shape index (κ3) is 7.97. The summed E-state index contributed by atoms with van der Waals surface area (Å²) >= 11 is 0. The lowest BCUT2D eigenvalue weighted by Gasteiger charge is -2.26. The van der Waals surface area contributed by atoms with E-state index in [1.54, 1.807) is 12.1 Å². The minimum absolute atomic E-state index is 0.0204. The highest BCUT2D eigenvalue weighted by Gasteiger charge is 2.19. The molecule has 8 N–H and O–H groups in total. The second-order valence-electron chi connectivity index (χ2n) is 10.9. The van der Waals surface area contributed by atoms with Crippen molar-refractivity contribution in [3.8, 4) is 17.2 Å². The van der Waals surface area contributed by atoms with Gasteiger partial charge in [-0.1, -0.05) is 36.4 Å². The molecule has 0 aliphatic rings. The first kappa shape index (κ1) is 34.4. The van der Waals surface area contributed by atoms with Crippen LogP contribution in [0.1, 0.15) is 43.0 Å². The van der Waals surface area contributed by atoms with Crippen LogP contribution in [0.25, 0.3) is 0 Å². The van der Waals surface area contributed by atoms with E-state index in [0.29, 0.717) is 0 Å². The molecule has 5 aromatic carbocycles. The second kappa shape index (κ2) is 15.8. The maximum atomic E-state index is 13.5. The lowest BCUT2D eigenvalue weighted by Crippen LogP contribution is -2.23. The third-order valence-electron chi connectivity index (χ3n) is 7.71. The largest absolute Gasteiger partial charge is 0.507 e. The number of para-hydroxylation sites is 2. The number of amides is 2. The van der Waals surface area contributed by atoms with Gasteiger partial charge in [0.1, 0.15) is 17.2 Å². The SMILES string of the molecule is O=C(Nc1ccc(OCN(c2ccccc2)c2ccccc2)c(NC(=O)c2cc(CO)c(O)c(CO)c2)c1)c1cc(CO)c(O)c(CO)c1. The maximum Gasteiger partial charge on any atom is 0.255 e. The molecule has 5 aromatic rings. The van der Waals surface area contributed by atoms with Gasteiger partial charge in [-0.05, 0) is 66.7 Å². The number of aliphatic hydroxyl groups is 4. The number of anilines is 4. The number of carbonyl (C=O) groups excluding carboxylic acids is 2. The first-order valence-corrected chi connectivity index (χ1v) is 15.2. The third-order valence-corrected chi connectivity index (χ3v) is 7.71. The summed E-state index contributed by atoms with van der Waals surface area (Å²) < 4.78 is 6.27. The molecule has 0 saturated heterocycles. The van der Waals surface area contributed by atoms with Gasteiger partial charge in [-0.15, -0.1) is 0 Å². The van der Waals surface area contributed by atoms with Gasteiger partial charge in [0.05, 0.1) is 32.1 Å². The Morgan fingerprint density at radius 1 is 0.571 bits per heavy atom. The molecule has 0 aliphatic heterocycles. The summed E-state index contributed by atoms with van der Waals surface area (Å²) in [6.45, 7) is -2.24. The van der Waals surface area contributed by atoms with Crippen LogP contribution in [0.15, 0.2) is 103 Å². The van der Waals surface area contributed by atoms with E-state index < -0.39 is 38.2 Å². The number of aromatic hydroxyl groups is 2. The van der Waals surface area contributed by atoms with Crippen LogP contribution in [0.4, 0.5) is 22.7 Å². The first-order chi connectivity index (χ1) is 23.8. The summed E-state index contributed by atoms with van der Waals surface area (Å²) in [4.78, 5) is 28.7. The lowest BCUT2D eigenvalue weighted by atomic mass is 10.0. The number of aliphatic hydroxyl groups excluding tert-OH is 4. The molecule has 5 rings (SSSR count). The molecule has 0 heterocycles. The summed E-state index contributed by atoms with van der Waals surface area (Å²) in [5.74, 6) is -1.66. The Labute approximate surface area is 281 Å². The van der Waals surface area contributed by atoms with Gasteiger partial charge in [0.2, 0.25) is 0 Å². The fraction of sp³-hybridized carbons (Fsp3) is 0.135. The minimum atomic E-state index is -0.653. The molecule has 12 nitrogen and oxygen atoms in total. The Bertz CT molecular complexity index is 1850. The van der Waals surface area contributed by atoms with Gasteiger partial charge in [0.25, 0.3) is 11.8 Å². The number of nitrogens with zero attached hydrogens (tertiary/aromatic N) is 1. The van der Waals surface area contributed by atoms with E-state index in [1.807, 2.05) is 65.6 Å². The van der Waals surface area contributed by atoms with Crippen LogP contribution >= 0.6 is 0 Å². The Kier molecular flexibility index (Phi) is 11.1. The van der Waals surface area contributed by atoms with Crippen LogP contribution in [0.5, 0.6) is 17.2 Å². The molecule has 0 aliphatic carbocycles. The van der Waals surface area contributed by atoms with E-state index in [1.165, 1.54) is 30.3 Å². The number of hydrogen-bond acceptors (Lipinski definition) is 10. The summed E-state index contributed by atoms with van der Waals surface area (Å²) in [5, 5.41) is 64.6. The van der Waals surface area contributed by atoms with Crippen LogP contribution in [0.2, 0.25) is 0 Å². The molecule has 0 aromatic heterocycles. The quantitative estimate of drug-likeness (QED) is 0.0815. The van der Waals surface area contributed by atoms with Gasteiger partial charge >= 0.3 is 0 Å². The number of ether oxygens (including phenoxy) is 1. The van der Waals surface area contributed by atoms with Gasteiger partial charge in [-0.2, -0.15) is 0 Å². The van der Waals surface area contributed by atoms with Crippen molar-refractivity contribution in [1.29, 1.82) is 0 Å². The number of carbonyl (C=O) groups is 2. The van der Waals surface area contributed by atoms with Crippen molar-refractivity contribution in [2.75, 3.05) is 22.3 Å². The fourth-order valence-corrected chi connectivity index (χ4v) is 5.14. The Morgan fingerprint density at radius 3 is 1.43 bits per heavy atom. The van der Waals surface area contributed by atoms with E-state index in [-0.39, 0.29) is 68.7 Å². The predicted molar refractivity (Wildman–Crippen MR) is 183 cm³/mol. The highest BCUT2D eigenvalue weighted by atomic mass is 16.5. The van der Waals surface area contributed by atoms with Gasteiger partial charge in [-0.25, -0.2) is 0 Å². The summed E-state index contributed by atoms with van der Waals surface area (Å²) in [6, 6.07) is 28.9. The molecule has 0 saturated carbocycles. The second-order valence-corrected chi connectivity index (χ2v) is 10.9. The molecule has 0 bridgehead atoms. The summed E-state index contributed by atoms with van der Waals surface area (Å²) in [5.41, 5.74) is 2.43. The number of rotatable bonds is 13. The van der Waals surface area contributed by atoms with Gasteiger partial charge in [0.15, 0.2) is 6.73 Å². The molecule has 0 fully saturated rings. The van der Waals surface area contributed by atoms with E-state index in [2.05, 4.69) is 10.6 Å². The zero-order chi connectivity index (χ0) is 34.9. The smallest absolute Gasteiger partial charge is 0.255 e. The fourth-order valence-electron chi connectivity index (χ4n) is 5.14. The van der Waals surface area contributed by atoms with Gasteiger partial charge in [0, 0.05) is 50.4 Å². The van der Waals surface area contributed by atoms with Crippen molar-refractivity contribution in [2.45, 2.75) is 26.4 Å². The monoisotopic (exact) mass is 665 g/mol. The Balaban J connectivity index is 1.49. The molecule has 0 spiro atoms. The van der Waals surface area contributed by atoms with Crippen LogP contribution < -0.4 is 20.3 Å². The van der Waals surface area contributed by atoms with Crippen molar-refractivity contribution in [3.05, 3.63) is 137 Å². The van der Waals surface area contributed by atoms with Crippen molar-refractivity contribution < 1.29 is 45.0 Å². The standard InChI is InChI=1S/C37H35N3O9/c41-18-25-13-23(14-26(19-42)34(25)45)36(47)38-29-11-12-33(49-22-40(30-7-3-1-4-8-30)31-9-5-2-6-10-31)32(17-29)39-37(48)24-15-27(20-43)35(46)28(16-24)21-44/h1-17,41-46H,18-22H2,(H,38,47)(H,39,48). The van der Waals surface area contributed by atoms with Crippen molar-refractivity contribution >= 4 is 34.6 Å². The molecule has 2 amide bonds. The van der Waals surface area contributed by atoms with E-state index in [0.717, 1.165) is 11.4 Å². The van der Waals surface area contributed by atoms with Gasteiger partial charge in [-0.3, -0.25) is 9.59 Å². The molecule has 0 unspecified atom stereocenters. The highest BCUT2D eigenvalue weighted by Crippen LogP contribution is 2.33.